The first-order chi connectivity index (χ1) is 12.9. The van der Waals surface area contributed by atoms with Crippen LogP contribution in [-0.2, 0) is 16.6 Å². The maximum atomic E-state index is 12.5. The van der Waals surface area contributed by atoms with E-state index in [-0.39, 0.29) is 22.4 Å². The SMILES string of the molecule is NC(=S)c1ccc2c(c1O)C13CCC(CC4CC4)C(C2)C1(O)CCC(=O)C3. The van der Waals surface area contributed by atoms with E-state index in [9.17, 15) is 15.0 Å². The lowest BCUT2D eigenvalue weighted by atomic mass is 9.43. The molecule has 27 heavy (non-hydrogen) atoms. The fourth-order valence-corrected chi connectivity index (χ4v) is 6.78. The van der Waals surface area contributed by atoms with Gasteiger partial charge in [0.05, 0.1) is 11.2 Å². The minimum atomic E-state index is -0.919. The second-order valence-electron chi connectivity index (χ2n) is 9.37. The monoisotopic (exact) mass is 385 g/mol. The number of aliphatic hydroxyl groups is 1. The first-order valence-electron chi connectivity index (χ1n) is 10.2. The number of carbonyl (C=O) groups is 1. The predicted molar refractivity (Wildman–Crippen MR) is 107 cm³/mol. The number of rotatable bonds is 3. The fourth-order valence-electron chi connectivity index (χ4n) is 6.62. The van der Waals surface area contributed by atoms with Crippen LogP contribution in [0.25, 0.3) is 0 Å². The standard InChI is InChI=1S/C22H27NO3S/c23-20(27)16-4-3-14-10-17-13(9-12-1-2-12)5-7-21(18(14)19(16)25)11-15(24)6-8-22(17,21)26/h3-4,12-13,17,25-26H,1-2,5-11H2,(H2,23,27). The highest BCUT2D eigenvalue weighted by Gasteiger charge is 2.65. The van der Waals surface area contributed by atoms with E-state index in [1.165, 1.54) is 19.3 Å². The molecule has 144 valence electrons. The Hall–Kier alpha value is -1.46. The summed E-state index contributed by atoms with van der Waals surface area (Å²) in [5.74, 6) is 1.78. The van der Waals surface area contributed by atoms with Crippen LogP contribution in [0.2, 0.25) is 0 Å². The van der Waals surface area contributed by atoms with Gasteiger partial charge in [-0.2, -0.15) is 0 Å². The summed E-state index contributed by atoms with van der Waals surface area (Å²) < 4.78 is 0. The summed E-state index contributed by atoms with van der Waals surface area (Å²) in [6.45, 7) is 0. The van der Waals surface area contributed by atoms with E-state index in [4.69, 9.17) is 18.0 Å². The lowest BCUT2D eigenvalue weighted by molar-refractivity contribution is -0.173. The third kappa shape index (κ3) is 2.37. The van der Waals surface area contributed by atoms with Crippen molar-refractivity contribution < 1.29 is 15.0 Å². The number of aromatic hydroxyl groups is 1. The Labute approximate surface area is 165 Å². The average Bonchev–Trinajstić information content (AvgIpc) is 3.42. The lowest BCUT2D eigenvalue weighted by Gasteiger charge is -2.62. The van der Waals surface area contributed by atoms with Gasteiger partial charge >= 0.3 is 0 Å². The Bertz CT molecular complexity index is 848. The van der Waals surface area contributed by atoms with Crippen molar-refractivity contribution in [2.24, 2.45) is 23.5 Å². The van der Waals surface area contributed by atoms with Crippen LogP contribution < -0.4 is 5.73 Å². The molecule has 0 aliphatic heterocycles. The molecule has 3 saturated carbocycles. The van der Waals surface area contributed by atoms with Crippen LogP contribution in [0.5, 0.6) is 5.75 Å². The molecule has 4 atom stereocenters. The van der Waals surface area contributed by atoms with Crippen LogP contribution in [0.15, 0.2) is 12.1 Å². The number of nitrogens with two attached hydrogens (primary N) is 1. The van der Waals surface area contributed by atoms with Crippen molar-refractivity contribution in [3.8, 4) is 5.75 Å². The maximum absolute atomic E-state index is 12.5. The summed E-state index contributed by atoms with van der Waals surface area (Å²) in [7, 11) is 0. The van der Waals surface area contributed by atoms with E-state index in [2.05, 4.69) is 0 Å². The molecule has 4 aliphatic rings. The number of hydrogen-bond acceptors (Lipinski definition) is 4. The van der Waals surface area contributed by atoms with E-state index in [0.29, 0.717) is 30.7 Å². The number of Topliss-reactive ketones (excluding diaryl/α,β-unsaturated/α-hetero) is 1. The highest BCUT2D eigenvalue weighted by atomic mass is 32.1. The van der Waals surface area contributed by atoms with E-state index < -0.39 is 11.0 Å². The van der Waals surface area contributed by atoms with Crippen LogP contribution in [0.1, 0.15) is 68.1 Å². The molecule has 0 spiro atoms. The Morgan fingerprint density at radius 2 is 2.04 bits per heavy atom. The van der Waals surface area contributed by atoms with Crippen LogP contribution in [0.4, 0.5) is 0 Å². The second kappa shape index (κ2) is 5.77. The average molecular weight is 386 g/mol. The van der Waals surface area contributed by atoms with Crippen LogP contribution in [-0.4, -0.2) is 26.6 Å². The molecular weight excluding hydrogens is 358 g/mol. The van der Waals surface area contributed by atoms with E-state index in [1.54, 1.807) is 6.07 Å². The molecule has 3 fully saturated rings. The molecule has 4 aliphatic carbocycles. The molecule has 2 bridgehead atoms. The third-order valence-electron chi connectivity index (χ3n) is 8.02. The first-order valence-corrected chi connectivity index (χ1v) is 10.7. The van der Waals surface area contributed by atoms with Crippen LogP contribution in [0.3, 0.4) is 0 Å². The molecule has 4 unspecified atom stereocenters. The van der Waals surface area contributed by atoms with Crippen molar-refractivity contribution in [2.45, 2.75) is 68.8 Å². The lowest BCUT2D eigenvalue weighted by Crippen LogP contribution is -2.66. The van der Waals surface area contributed by atoms with Crippen molar-refractivity contribution in [2.75, 3.05) is 0 Å². The predicted octanol–water partition coefficient (Wildman–Crippen LogP) is 3.13. The number of phenolic OH excluding ortho intramolecular Hbond substituents is 1. The molecule has 0 heterocycles. The molecular formula is C22H27NO3S. The summed E-state index contributed by atoms with van der Waals surface area (Å²) in [5, 5.41) is 23.1. The Morgan fingerprint density at radius 1 is 1.26 bits per heavy atom. The van der Waals surface area contributed by atoms with Gasteiger partial charge in [0.1, 0.15) is 16.5 Å². The minimum Gasteiger partial charge on any atom is -0.507 e. The van der Waals surface area contributed by atoms with E-state index >= 15 is 0 Å². The van der Waals surface area contributed by atoms with Gasteiger partial charge in [-0.15, -0.1) is 0 Å². The quantitative estimate of drug-likeness (QED) is 0.696. The zero-order valence-corrected chi connectivity index (χ0v) is 16.4. The Kier molecular flexibility index (Phi) is 3.77. The van der Waals surface area contributed by atoms with Crippen LogP contribution in [0, 0.1) is 17.8 Å². The topological polar surface area (TPSA) is 83.6 Å². The van der Waals surface area contributed by atoms with Gasteiger partial charge in [0.2, 0.25) is 0 Å². The molecule has 5 heteroatoms. The highest BCUT2D eigenvalue weighted by Crippen LogP contribution is 2.64. The van der Waals surface area contributed by atoms with Gasteiger partial charge in [0.25, 0.3) is 0 Å². The van der Waals surface area contributed by atoms with Crippen molar-refractivity contribution in [3.05, 3.63) is 28.8 Å². The highest BCUT2D eigenvalue weighted by molar-refractivity contribution is 7.80. The van der Waals surface area contributed by atoms with Gasteiger partial charge in [-0.05, 0) is 61.5 Å². The number of thiocarbonyl (C=S) groups is 1. The first kappa shape index (κ1) is 17.6. The van der Waals surface area contributed by atoms with Crippen molar-refractivity contribution in [1.29, 1.82) is 0 Å². The zero-order chi connectivity index (χ0) is 19.0. The van der Waals surface area contributed by atoms with Crippen LogP contribution >= 0.6 is 12.2 Å². The number of fused-ring (bicyclic) bond motifs is 1. The summed E-state index contributed by atoms with van der Waals surface area (Å²) in [4.78, 5) is 12.7. The number of carbonyl (C=O) groups excluding carboxylic acids is 1. The Balaban J connectivity index is 1.70. The maximum Gasteiger partial charge on any atom is 0.134 e. The van der Waals surface area contributed by atoms with Gasteiger partial charge in [0.15, 0.2) is 0 Å². The van der Waals surface area contributed by atoms with Crippen molar-refractivity contribution >= 4 is 23.0 Å². The van der Waals surface area contributed by atoms with Gasteiger partial charge in [0, 0.05) is 23.8 Å². The number of hydrogen-bond donors (Lipinski definition) is 3. The zero-order valence-electron chi connectivity index (χ0n) is 15.5. The number of ketones is 1. The minimum absolute atomic E-state index is 0.0900. The summed E-state index contributed by atoms with van der Waals surface area (Å²) in [5.41, 5.74) is 6.50. The van der Waals surface area contributed by atoms with E-state index in [0.717, 1.165) is 36.3 Å². The molecule has 0 amide bonds. The molecule has 1 aromatic rings. The summed E-state index contributed by atoms with van der Waals surface area (Å²) in [6, 6.07) is 3.81. The van der Waals surface area contributed by atoms with Gasteiger partial charge in [-0.25, -0.2) is 0 Å². The Morgan fingerprint density at radius 3 is 2.74 bits per heavy atom. The largest absolute Gasteiger partial charge is 0.507 e. The molecule has 0 aromatic heterocycles. The molecule has 0 saturated heterocycles. The molecule has 4 nitrogen and oxygen atoms in total. The molecule has 0 radical (unpaired) electrons. The molecule has 5 rings (SSSR count). The van der Waals surface area contributed by atoms with Crippen molar-refractivity contribution in [1.82, 2.24) is 0 Å². The van der Waals surface area contributed by atoms with Gasteiger partial charge in [-0.3, -0.25) is 4.79 Å². The smallest absolute Gasteiger partial charge is 0.134 e. The fraction of sp³-hybridized carbons (Fsp3) is 0.636. The normalized spacial score (nSPS) is 37.4. The second-order valence-corrected chi connectivity index (χ2v) is 9.81. The van der Waals surface area contributed by atoms with Gasteiger partial charge in [-0.1, -0.05) is 31.1 Å². The van der Waals surface area contributed by atoms with Crippen molar-refractivity contribution in [3.63, 3.8) is 0 Å². The number of benzene rings is 1. The van der Waals surface area contributed by atoms with E-state index in [1.807, 2.05) is 6.07 Å². The molecule has 4 N–H and O–H groups in total. The number of phenols is 1. The summed E-state index contributed by atoms with van der Waals surface area (Å²) >= 11 is 5.12. The van der Waals surface area contributed by atoms with Gasteiger partial charge < -0.3 is 15.9 Å². The summed E-state index contributed by atoms with van der Waals surface area (Å²) in [6.07, 6.45) is 7.65. The molecule has 1 aromatic carbocycles. The third-order valence-corrected chi connectivity index (χ3v) is 8.24.